The third-order valence-electron chi connectivity index (χ3n) is 16.9. The zero-order valence-corrected chi connectivity index (χ0v) is 59.2. The van der Waals surface area contributed by atoms with E-state index < -0.39 is 131 Å². The highest BCUT2D eigenvalue weighted by molar-refractivity contribution is 5.96. The molecule has 0 aliphatic carbocycles. The predicted octanol–water partition coefficient (Wildman–Crippen LogP) is 8.35. The molecule has 5 rings (SSSR count). The number of amides is 10. The lowest BCUT2D eigenvalue weighted by Crippen LogP contribution is -2.59. The Morgan fingerprint density at radius 1 is 0.378 bits per heavy atom. The van der Waals surface area contributed by atoms with Gasteiger partial charge in [-0.2, -0.15) is 0 Å². The second-order valence-corrected chi connectivity index (χ2v) is 27.1. The van der Waals surface area contributed by atoms with E-state index in [9.17, 15) is 47.9 Å². The molecule has 0 saturated carbocycles. The van der Waals surface area contributed by atoms with E-state index in [1.54, 1.807) is 67.5 Å². The number of hydrogen-bond acceptors (Lipinski definition) is 12. The lowest BCUT2D eigenvalue weighted by atomic mass is 9.94. The van der Waals surface area contributed by atoms with Crippen LogP contribution in [0.1, 0.15) is 144 Å². The Labute approximate surface area is 579 Å². The molecule has 0 saturated heterocycles. The first-order valence-corrected chi connectivity index (χ1v) is 34.4. The van der Waals surface area contributed by atoms with Crippen LogP contribution in [0.5, 0.6) is 0 Å². The van der Waals surface area contributed by atoms with Crippen molar-refractivity contribution in [3.63, 3.8) is 0 Å². The van der Waals surface area contributed by atoms with Crippen molar-refractivity contribution in [2.24, 2.45) is 35.5 Å². The quantitative estimate of drug-likeness (QED) is 0.0262. The molecule has 532 valence electrons. The minimum Gasteiger partial charge on any atom is -0.445 e. The third kappa shape index (κ3) is 28.0. The fraction of sp³-hybridized carbons (Fsp3) is 0.500. The summed E-state index contributed by atoms with van der Waals surface area (Å²) in [5.41, 5.74) is 4.47. The van der Waals surface area contributed by atoms with Crippen LogP contribution in [0.25, 0.3) is 0 Å². The summed E-state index contributed by atoms with van der Waals surface area (Å²) >= 11 is 0. The van der Waals surface area contributed by atoms with Gasteiger partial charge in [0, 0.05) is 13.1 Å². The minimum absolute atomic E-state index is 0.00842. The number of carbonyl (C=O) groups excluding carboxylic acids is 10. The fourth-order valence-corrected chi connectivity index (χ4v) is 11.3. The van der Waals surface area contributed by atoms with Gasteiger partial charge in [0.05, 0.1) is 23.9 Å². The number of benzene rings is 4. The summed E-state index contributed by atoms with van der Waals surface area (Å²) in [6.07, 6.45) is 3.28. The molecular formula is C76H106N10O12. The SMILES string of the molecule is C/C1=C\[C@@H](C)C(=O)NC(C(C)C)C(=O)N[C@@H](CCCNC(=O)OCc2ccccc2)C(=O)NC(CC(C)C)C(=O)NC(Cc2ccccc2)/C(C)=C/[C@@H](C)C(=O)NC(C(C)C)C(=O)N[C@@H](CCCNC(=O)OCc2ccccc2)C(=O)NC(CC(C)C)C(=O)NC1Cc1ccccc1. The summed E-state index contributed by atoms with van der Waals surface area (Å²) in [5.74, 6) is -7.88. The highest BCUT2D eigenvalue weighted by Gasteiger charge is 2.36. The summed E-state index contributed by atoms with van der Waals surface area (Å²) in [5, 5.41) is 29.2. The standard InChI is InChI=1S/C76H106N10O12/c1-47(2)39-63-71(91)81-61(43-55-27-17-13-18-28-55)51(9)41-53(11)67(87)86-66(50(7)8)74(94)80-60(36-26-38-78-76(96)98-46-58-33-23-16-24-34-58)70(90)84-64(40-48(3)4)72(92)82-62(44-56-29-19-14-20-30-56)52(10)42-54(12)68(88)85-65(49(5)6)73(93)79-59(69(89)83-63)35-25-37-77-75(95)97-45-57-31-21-15-22-32-57/h13-24,27-34,41-42,47-50,53-54,59-66H,25-26,35-40,43-46H2,1-12H3,(H,77,95)(H,78,96)(H,79,93)(H,80,94)(H,81,91)(H,82,92)(H,83,89)(H,84,90)(H,85,88)(H,86,87)/b51-41+,52-42+/t53-,54-,59+,60+,61?,62?,63?,64?,65?,66?/m1/s1. The number of hydrogen-bond donors (Lipinski definition) is 10. The zero-order chi connectivity index (χ0) is 71.8. The van der Waals surface area contributed by atoms with Gasteiger partial charge in [0.15, 0.2) is 0 Å². The van der Waals surface area contributed by atoms with Crippen molar-refractivity contribution in [1.29, 1.82) is 0 Å². The van der Waals surface area contributed by atoms with E-state index in [2.05, 4.69) is 53.2 Å². The number of carbonyl (C=O) groups is 10. The summed E-state index contributed by atoms with van der Waals surface area (Å²) in [6.45, 7) is 21.7. The van der Waals surface area contributed by atoms with Crippen molar-refractivity contribution in [3.05, 3.63) is 167 Å². The zero-order valence-electron chi connectivity index (χ0n) is 59.2. The summed E-state index contributed by atoms with van der Waals surface area (Å²) in [7, 11) is 0. The highest BCUT2D eigenvalue weighted by Crippen LogP contribution is 2.20. The first-order chi connectivity index (χ1) is 46.7. The van der Waals surface area contributed by atoms with Crippen LogP contribution in [0, 0.1) is 35.5 Å². The molecule has 10 amide bonds. The van der Waals surface area contributed by atoms with Crippen molar-refractivity contribution >= 4 is 59.4 Å². The van der Waals surface area contributed by atoms with Crippen LogP contribution in [-0.2, 0) is 73.9 Å². The molecule has 0 spiro atoms. The minimum atomic E-state index is -1.27. The van der Waals surface area contributed by atoms with Crippen LogP contribution in [0.15, 0.2) is 145 Å². The second kappa shape index (κ2) is 41.0. The largest absolute Gasteiger partial charge is 0.445 e. The van der Waals surface area contributed by atoms with Crippen molar-refractivity contribution < 1.29 is 57.4 Å². The number of rotatable bonds is 22. The molecule has 0 radical (unpaired) electrons. The van der Waals surface area contributed by atoms with Crippen molar-refractivity contribution in [2.45, 2.75) is 196 Å². The van der Waals surface area contributed by atoms with Crippen LogP contribution >= 0.6 is 0 Å². The normalized spacial score (nSPS) is 23.6. The molecule has 0 bridgehead atoms. The molecular weight excluding hydrogens is 1240 g/mol. The average molecular weight is 1350 g/mol. The van der Waals surface area contributed by atoms with Crippen molar-refractivity contribution in [2.75, 3.05) is 13.1 Å². The van der Waals surface area contributed by atoms with E-state index in [4.69, 9.17) is 9.47 Å². The van der Waals surface area contributed by atoms with E-state index in [-0.39, 0.29) is 89.5 Å². The van der Waals surface area contributed by atoms with Gasteiger partial charge in [-0.15, -0.1) is 0 Å². The van der Waals surface area contributed by atoms with Crippen LogP contribution in [0.2, 0.25) is 0 Å². The third-order valence-corrected chi connectivity index (χ3v) is 16.9. The molecule has 10 atom stereocenters. The molecule has 10 N–H and O–H groups in total. The maximum absolute atomic E-state index is 14.9. The van der Waals surface area contributed by atoms with Gasteiger partial charge >= 0.3 is 12.2 Å². The topological polar surface area (TPSA) is 309 Å². The molecule has 6 unspecified atom stereocenters. The molecule has 22 heteroatoms. The first-order valence-electron chi connectivity index (χ1n) is 34.4. The van der Waals surface area contributed by atoms with Crippen molar-refractivity contribution in [3.8, 4) is 0 Å². The molecule has 1 heterocycles. The molecule has 1 aliphatic rings. The molecule has 4 aromatic rings. The van der Waals surface area contributed by atoms with E-state index in [1.165, 1.54) is 0 Å². The Bertz CT molecular complexity index is 3070. The molecule has 98 heavy (non-hydrogen) atoms. The molecule has 0 fully saturated rings. The van der Waals surface area contributed by atoms with Crippen LogP contribution in [-0.4, -0.2) is 121 Å². The van der Waals surface area contributed by atoms with Gasteiger partial charge in [-0.05, 0) is 111 Å². The van der Waals surface area contributed by atoms with Gasteiger partial charge in [0.2, 0.25) is 47.3 Å². The van der Waals surface area contributed by atoms with E-state index in [0.29, 0.717) is 11.1 Å². The van der Waals surface area contributed by atoms with E-state index in [1.807, 2.05) is 149 Å². The predicted molar refractivity (Wildman–Crippen MR) is 378 cm³/mol. The maximum Gasteiger partial charge on any atom is 0.407 e. The van der Waals surface area contributed by atoms with E-state index >= 15 is 0 Å². The van der Waals surface area contributed by atoms with Crippen LogP contribution in [0.4, 0.5) is 9.59 Å². The Hall–Kier alpha value is -9.34. The van der Waals surface area contributed by atoms with Gasteiger partial charge in [0.1, 0.15) is 49.5 Å². The van der Waals surface area contributed by atoms with Gasteiger partial charge < -0.3 is 62.6 Å². The van der Waals surface area contributed by atoms with Crippen LogP contribution in [0.3, 0.4) is 0 Å². The maximum atomic E-state index is 14.9. The monoisotopic (exact) mass is 1350 g/mol. The number of alkyl carbamates (subject to hydrolysis) is 2. The molecule has 1 aliphatic heterocycles. The van der Waals surface area contributed by atoms with Gasteiger partial charge in [-0.3, -0.25) is 38.4 Å². The molecule has 4 aromatic carbocycles. The average Bonchev–Trinajstić information content (AvgIpc) is 0.865. The lowest BCUT2D eigenvalue weighted by molar-refractivity contribution is -0.135. The van der Waals surface area contributed by atoms with E-state index in [0.717, 1.165) is 22.3 Å². The summed E-state index contributed by atoms with van der Waals surface area (Å²) in [4.78, 5) is 143. The Morgan fingerprint density at radius 3 is 0.969 bits per heavy atom. The molecule has 22 nitrogen and oxygen atoms in total. The lowest BCUT2D eigenvalue weighted by Gasteiger charge is -2.30. The summed E-state index contributed by atoms with van der Waals surface area (Å²) in [6, 6.07) is 28.5. The first kappa shape index (κ1) is 79.3. The number of nitrogens with one attached hydrogen (secondary N) is 10. The number of ether oxygens (including phenoxy) is 2. The Balaban J connectivity index is 1.56. The van der Waals surface area contributed by atoms with Gasteiger partial charge in [-0.25, -0.2) is 9.59 Å². The highest BCUT2D eigenvalue weighted by atomic mass is 16.6. The Morgan fingerprint density at radius 2 is 0.663 bits per heavy atom. The Kier molecular flexibility index (Phi) is 33.2. The second-order valence-electron chi connectivity index (χ2n) is 27.1. The van der Waals surface area contributed by atoms with Crippen LogP contribution < -0.4 is 53.2 Å². The van der Waals surface area contributed by atoms with Crippen molar-refractivity contribution in [1.82, 2.24) is 53.2 Å². The van der Waals surface area contributed by atoms with Gasteiger partial charge in [0.25, 0.3) is 0 Å². The van der Waals surface area contributed by atoms with Gasteiger partial charge in [-0.1, -0.05) is 214 Å². The smallest absolute Gasteiger partial charge is 0.407 e. The molecule has 0 aromatic heterocycles. The summed E-state index contributed by atoms with van der Waals surface area (Å²) < 4.78 is 10.8. The fourth-order valence-electron chi connectivity index (χ4n) is 11.3.